The first kappa shape index (κ1) is 35.0. The van der Waals surface area contributed by atoms with Crippen molar-refractivity contribution >= 4 is 82.7 Å². The molecule has 0 spiro atoms. The minimum atomic E-state index is 1.10. The van der Waals surface area contributed by atoms with Crippen molar-refractivity contribution in [3.63, 3.8) is 0 Å². The van der Waals surface area contributed by atoms with E-state index in [4.69, 9.17) is 0 Å². The minimum Gasteiger partial charge on any atom is -0.311 e. The summed E-state index contributed by atoms with van der Waals surface area (Å²) >= 11 is 1.86. The summed E-state index contributed by atoms with van der Waals surface area (Å²) in [7, 11) is 0. The SMILES string of the molecule is c1ccc(N(c2ccccc2)c2ccc(-c3cc(N(c4ccccc4)c4ccccc4)cc4c3sc3ccc(N(c5ccccc5)c5ccccc5)cc34)cc2)cc1. The van der Waals surface area contributed by atoms with Crippen molar-refractivity contribution in [3.8, 4) is 11.1 Å². The average Bonchev–Trinajstić information content (AvgIpc) is 3.67. The Hall–Kier alpha value is -7.40. The molecule has 9 aromatic carbocycles. The highest BCUT2D eigenvalue weighted by Gasteiger charge is 2.21. The van der Waals surface area contributed by atoms with E-state index >= 15 is 0 Å². The maximum absolute atomic E-state index is 2.39. The molecule has 10 aromatic rings. The van der Waals surface area contributed by atoms with Crippen molar-refractivity contribution in [2.24, 2.45) is 0 Å². The Kier molecular flexibility index (Phi) is 9.44. The van der Waals surface area contributed by atoms with Crippen molar-refractivity contribution in [1.29, 1.82) is 0 Å². The van der Waals surface area contributed by atoms with Gasteiger partial charge in [-0.05, 0) is 121 Å². The van der Waals surface area contributed by atoms with Crippen molar-refractivity contribution in [2.75, 3.05) is 14.7 Å². The normalized spacial score (nSPS) is 11.1. The zero-order valence-corrected chi connectivity index (χ0v) is 32.6. The first-order valence-corrected chi connectivity index (χ1v) is 20.4. The van der Waals surface area contributed by atoms with Gasteiger partial charge in [0.15, 0.2) is 0 Å². The van der Waals surface area contributed by atoms with Crippen molar-refractivity contribution in [3.05, 3.63) is 237 Å². The molecule has 0 saturated carbocycles. The van der Waals surface area contributed by atoms with Gasteiger partial charge in [0.25, 0.3) is 0 Å². The number of fused-ring (bicyclic) bond motifs is 3. The summed E-state index contributed by atoms with van der Waals surface area (Å²) in [4.78, 5) is 7.03. The fourth-order valence-electron chi connectivity index (χ4n) is 7.93. The van der Waals surface area contributed by atoms with Crippen LogP contribution in [0.15, 0.2) is 237 Å². The molecule has 0 amide bonds. The number of hydrogen-bond acceptors (Lipinski definition) is 4. The fraction of sp³-hybridized carbons (Fsp3) is 0. The summed E-state index contributed by atoms with van der Waals surface area (Å²) in [6, 6.07) is 84.6. The summed E-state index contributed by atoms with van der Waals surface area (Å²) in [6.07, 6.45) is 0. The molecule has 0 radical (unpaired) electrons. The molecule has 0 bridgehead atoms. The maximum Gasteiger partial charge on any atom is 0.0475 e. The molecule has 1 heterocycles. The highest BCUT2D eigenvalue weighted by molar-refractivity contribution is 7.26. The molecular weight excluding hydrogens is 723 g/mol. The molecule has 0 aliphatic carbocycles. The number of anilines is 9. The maximum atomic E-state index is 2.39. The zero-order chi connectivity index (χ0) is 38.7. The summed E-state index contributed by atoms with van der Waals surface area (Å²) in [5.74, 6) is 0. The molecule has 0 unspecified atom stereocenters. The first-order valence-electron chi connectivity index (χ1n) is 19.6. The Morgan fingerprint density at radius 2 is 0.586 bits per heavy atom. The van der Waals surface area contributed by atoms with Gasteiger partial charge >= 0.3 is 0 Å². The van der Waals surface area contributed by atoms with Crippen LogP contribution >= 0.6 is 11.3 Å². The molecular formula is C54H39N3S. The third-order valence-electron chi connectivity index (χ3n) is 10.6. The van der Waals surface area contributed by atoms with Crippen LogP contribution in [0.1, 0.15) is 0 Å². The molecule has 0 N–H and O–H groups in total. The lowest BCUT2D eigenvalue weighted by Crippen LogP contribution is -2.10. The van der Waals surface area contributed by atoms with Crippen LogP contribution in [0, 0.1) is 0 Å². The minimum absolute atomic E-state index is 1.10. The van der Waals surface area contributed by atoms with Crippen LogP contribution in [-0.2, 0) is 0 Å². The lowest BCUT2D eigenvalue weighted by molar-refractivity contribution is 1.28. The Balaban J connectivity index is 1.18. The van der Waals surface area contributed by atoms with E-state index in [0.717, 1.165) is 51.2 Å². The van der Waals surface area contributed by atoms with E-state index in [9.17, 15) is 0 Å². The van der Waals surface area contributed by atoms with Gasteiger partial charge in [0.1, 0.15) is 0 Å². The lowest BCUT2D eigenvalue weighted by atomic mass is 9.99. The largest absolute Gasteiger partial charge is 0.311 e. The predicted octanol–water partition coefficient (Wildman–Crippen LogP) is 16.1. The van der Waals surface area contributed by atoms with Crippen LogP contribution in [-0.4, -0.2) is 0 Å². The number of benzene rings is 9. The van der Waals surface area contributed by atoms with Gasteiger partial charge in [0.05, 0.1) is 0 Å². The topological polar surface area (TPSA) is 9.72 Å². The molecule has 3 nitrogen and oxygen atoms in total. The average molecular weight is 762 g/mol. The Morgan fingerprint density at radius 3 is 1.00 bits per heavy atom. The van der Waals surface area contributed by atoms with E-state index in [1.54, 1.807) is 0 Å². The third kappa shape index (κ3) is 6.76. The second kappa shape index (κ2) is 15.6. The van der Waals surface area contributed by atoms with Gasteiger partial charge in [-0.2, -0.15) is 0 Å². The molecule has 4 heteroatoms. The Bertz CT molecular complexity index is 2800. The van der Waals surface area contributed by atoms with Crippen LogP contribution in [0.4, 0.5) is 51.2 Å². The standard InChI is InChI=1S/C54H39N3S/c1-7-19-41(20-8-1)55(42-21-9-2-10-22-42)47-33-31-40(32-34-47)50-38-49(57(45-27-15-5-16-28-45)46-29-17-6-18-30-46)39-52-51-37-48(35-36-53(51)58-54(50)52)56(43-23-11-3-12-24-43)44-25-13-4-14-26-44/h1-39H. The lowest BCUT2D eigenvalue weighted by Gasteiger charge is -2.27. The summed E-state index contributed by atoms with van der Waals surface area (Å²) in [5.41, 5.74) is 12.4. The second-order valence-corrected chi connectivity index (χ2v) is 15.3. The molecule has 0 aliphatic heterocycles. The third-order valence-corrected chi connectivity index (χ3v) is 11.8. The van der Waals surface area contributed by atoms with Gasteiger partial charge in [-0.1, -0.05) is 121 Å². The Morgan fingerprint density at radius 1 is 0.259 bits per heavy atom. The van der Waals surface area contributed by atoms with Gasteiger partial charge in [0, 0.05) is 76.9 Å². The summed E-state index contributed by atoms with van der Waals surface area (Å²) < 4.78 is 2.51. The quantitative estimate of drug-likeness (QED) is 0.137. The van der Waals surface area contributed by atoms with E-state index in [1.165, 1.54) is 31.3 Å². The van der Waals surface area contributed by atoms with Crippen LogP contribution in [0.25, 0.3) is 31.3 Å². The fourth-order valence-corrected chi connectivity index (χ4v) is 9.13. The number of para-hydroxylation sites is 6. The predicted molar refractivity (Wildman–Crippen MR) is 249 cm³/mol. The van der Waals surface area contributed by atoms with E-state index in [-0.39, 0.29) is 0 Å². The molecule has 0 aliphatic rings. The van der Waals surface area contributed by atoms with Crippen LogP contribution in [0.2, 0.25) is 0 Å². The molecule has 276 valence electrons. The molecule has 10 rings (SSSR count). The number of nitrogens with zero attached hydrogens (tertiary/aromatic N) is 3. The smallest absolute Gasteiger partial charge is 0.0475 e. The molecule has 0 fully saturated rings. The zero-order valence-electron chi connectivity index (χ0n) is 31.8. The first-order chi connectivity index (χ1) is 28.8. The van der Waals surface area contributed by atoms with Crippen LogP contribution < -0.4 is 14.7 Å². The molecule has 1 aromatic heterocycles. The Labute approximate surface area is 343 Å². The van der Waals surface area contributed by atoms with Crippen molar-refractivity contribution < 1.29 is 0 Å². The monoisotopic (exact) mass is 761 g/mol. The molecule has 0 saturated heterocycles. The second-order valence-electron chi connectivity index (χ2n) is 14.2. The van der Waals surface area contributed by atoms with E-state index < -0.39 is 0 Å². The highest BCUT2D eigenvalue weighted by Crippen LogP contribution is 2.48. The van der Waals surface area contributed by atoms with Gasteiger partial charge in [-0.25, -0.2) is 0 Å². The van der Waals surface area contributed by atoms with E-state index in [0.29, 0.717) is 0 Å². The van der Waals surface area contributed by atoms with E-state index in [2.05, 4.69) is 251 Å². The molecule has 58 heavy (non-hydrogen) atoms. The van der Waals surface area contributed by atoms with Gasteiger partial charge in [0.2, 0.25) is 0 Å². The van der Waals surface area contributed by atoms with Crippen molar-refractivity contribution in [2.45, 2.75) is 0 Å². The highest BCUT2D eigenvalue weighted by atomic mass is 32.1. The number of hydrogen-bond donors (Lipinski definition) is 0. The van der Waals surface area contributed by atoms with Crippen molar-refractivity contribution in [1.82, 2.24) is 0 Å². The van der Waals surface area contributed by atoms with Gasteiger partial charge in [-0.3, -0.25) is 0 Å². The summed E-state index contributed by atoms with van der Waals surface area (Å²) in [5, 5.41) is 2.46. The van der Waals surface area contributed by atoms with Gasteiger partial charge < -0.3 is 14.7 Å². The van der Waals surface area contributed by atoms with Crippen LogP contribution in [0.3, 0.4) is 0 Å². The van der Waals surface area contributed by atoms with Crippen LogP contribution in [0.5, 0.6) is 0 Å². The van der Waals surface area contributed by atoms with E-state index in [1.807, 2.05) is 11.3 Å². The summed E-state index contributed by atoms with van der Waals surface area (Å²) in [6.45, 7) is 0. The number of rotatable bonds is 10. The van der Waals surface area contributed by atoms with Gasteiger partial charge in [-0.15, -0.1) is 11.3 Å². The molecule has 0 atom stereocenters. The number of thiophene rings is 1.